The van der Waals surface area contributed by atoms with Crippen molar-refractivity contribution in [2.24, 2.45) is 0 Å². The van der Waals surface area contributed by atoms with Gasteiger partial charge in [0.15, 0.2) is 11.6 Å². The molecule has 0 aliphatic carbocycles. The minimum absolute atomic E-state index is 0.0240. The summed E-state index contributed by atoms with van der Waals surface area (Å²) in [6.07, 6.45) is 2.79. The van der Waals surface area contributed by atoms with Gasteiger partial charge < -0.3 is 21.1 Å². The molecule has 3 rings (SSSR count). The molecule has 1 aromatic carbocycles. The third kappa shape index (κ3) is 5.14. The highest BCUT2D eigenvalue weighted by Crippen LogP contribution is 2.29. The van der Waals surface area contributed by atoms with Crippen molar-refractivity contribution in [2.45, 2.75) is 44.9 Å². The van der Waals surface area contributed by atoms with Crippen LogP contribution in [0.25, 0.3) is 0 Å². The highest BCUT2D eigenvalue weighted by Gasteiger charge is 2.31. The van der Waals surface area contributed by atoms with Crippen LogP contribution in [0.1, 0.15) is 40.9 Å². The number of aromatic nitrogens is 1. The van der Waals surface area contributed by atoms with Crippen molar-refractivity contribution in [1.82, 2.24) is 15.6 Å². The van der Waals surface area contributed by atoms with Gasteiger partial charge in [-0.1, -0.05) is 6.42 Å². The second-order valence-electron chi connectivity index (χ2n) is 6.81. The molecule has 0 saturated carbocycles. The van der Waals surface area contributed by atoms with E-state index in [-0.39, 0.29) is 18.3 Å². The van der Waals surface area contributed by atoms with Crippen LogP contribution in [0.3, 0.4) is 0 Å². The van der Waals surface area contributed by atoms with Crippen molar-refractivity contribution >= 4 is 28.8 Å². The van der Waals surface area contributed by atoms with E-state index in [2.05, 4.69) is 20.9 Å². The van der Waals surface area contributed by atoms with Gasteiger partial charge in [-0.15, -0.1) is 11.3 Å². The highest BCUT2D eigenvalue weighted by molar-refractivity contribution is 7.11. The third-order valence-corrected chi connectivity index (χ3v) is 5.97. The summed E-state index contributed by atoms with van der Waals surface area (Å²) in [6, 6.07) is 2.18. The van der Waals surface area contributed by atoms with Crippen LogP contribution in [0.4, 0.5) is 14.5 Å². The molecule has 2 unspecified atom stereocenters. The topological polar surface area (TPSA) is 103 Å². The smallest absolute Gasteiger partial charge is 0.313 e. The predicted octanol–water partition coefficient (Wildman–Crippen LogP) is 2.16. The molecule has 1 saturated heterocycles. The largest absolute Gasteiger partial charge is 0.391 e. The average Bonchev–Trinajstić information content (AvgIpc) is 3.09. The second-order valence-corrected chi connectivity index (χ2v) is 7.92. The van der Waals surface area contributed by atoms with Crippen LogP contribution in [-0.2, 0) is 16.2 Å². The SMILES string of the molecule is Cc1nc(C(NC(=O)C(=O)Nc2ccc(F)c(F)c2)C2CCCCN2)sc1CO. The van der Waals surface area contributed by atoms with Crippen LogP contribution < -0.4 is 16.0 Å². The number of carbonyl (C=O) groups is 2. The van der Waals surface area contributed by atoms with Crippen LogP contribution >= 0.6 is 11.3 Å². The maximum atomic E-state index is 13.3. The van der Waals surface area contributed by atoms with Crippen LogP contribution in [0, 0.1) is 18.6 Å². The van der Waals surface area contributed by atoms with Gasteiger partial charge in [-0.2, -0.15) is 0 Å². The van der Waals surface area contributed by atoms with E-state index >= 15 is 0 Å². The number of halogens is 2. The standard InChI is InChI=1S/C19H22F2N4O3S/c1-10-15(9-26)29-19(23-10)16(14-4-2-3-7-22-14)25-18(28)17(27)24-11-5-6-12(20)13(21)8-11/h5-6,8,14,16,22,26H,2-4,7,9H2,1H3,(H,24,27)(H,25,28). The number of nitrogens with zero attached hydrogens (tertiary/aromatic N) is 1. The van der Waals surface area contributed by atoms with Gasteiger partial charge in [0.25, 0.3) is 0 Å². The zero-order valence-corrected chi connectivity index (χ0v) is 16.6. The van der Waals surface area contributed by atoms with E-state index in [0.29, 0.717) is 15.6 Å². The van der Waals surface area contributed by atoms with Gasteiger partial charge in [-0.05, 0) is 38.4 Å². The number of rotatable bonds is 5. The van der Waals surface area contributed by atoms with Crippen molar-refractivity contribution in [3.05, 3.63) is 45.4 Å². The maximum Gasteiger partial charge on any atom is 0.313 e. The summed E-state index contributed by atoms with van der Waals surface area (Å²) in [5.74, 6) is -4.07. The number of hydrogen-bond acceptors (Lipinski definition) is 6. The summed E-state index contributed by atoms with van der Waals surface area (Å²) in [7, 11) is 0. The predicted molar refractivity (Wildman–Crippen MR) is 104 cm³/mol. The number of anilines is 1. The first-order valence-electron chi connectivity index (χ1n) is 9.26. The fourth-order valence-electron chi connectivity index (χ4n) is 3.20. The Morgan fingerprint density at radius 2 is 2.10 bits per heavy atom. The molecular formula is C19H22F2N4O3S. The van der Waals surface area contributed by atoms with Crippen molar-refractivity contribution in [1.29, 1.82) is 0 Å². The van der Waals surface area contributed by atoms with E-state index < -0.39 is 29.5 Å². The van der Waals surface area contributed by atoms with E-state index in [4.69, 9.17) is 0 Å². The molecule has 7 nitrogen and oxygen atoms in total. The fraction of sp³-hybridized carbons (Fsp3) is 0.421. The lowest BCUT2D eigenvalue weighted by atomic mass is 9.98. The summed E-state index contributed by atoms with van der Waals surface area (Å²) < 4.78 is 26.3. The van der Waals surface area contributed by atoms with E-state index in [1.165, 1.54) is 17.4 Å². The first-order chi connectivity index (χ1) is 13.9. The number of hydrogen-bond donors (Lipinski definition) is 4. The van der Waals surface area contributed by atoms with E-state index in [1.54, 1.807) is 6.92 Å². The lowest BCUT2D eigenvalue weighted by molar-refractivity contribution is -0.136. The summed E-state index contributed by atoms with van der Waals surface area (Å²) in [4.78, 5) is 29.9. The molecule has 29 heavy (non-hydrogen) atoms. The summed E-state index contributed by atoms with van der Waals surface area (Å²) in [6.45, 7) is 2.41. The molecule has 1 aliphatic rings. The molecule has 1 fully saturated rings. The molecule has 1 aromatic heterocycles. The lowest BCUT2D eigenvalue weighted by Gasteiger charge is -2.30. The van der Waals surface area contributed by atoms with Crippen molar-refractivity contribution < 1.29 is 23.5 Å². The molecule has 0 bridgehead atoms. The molecule has 0 radical (unpaired) electrons. The van der Waals surface area contributed by atoms with Crippen LogP contribution in [0.2, 0.25) is 0 Å². The van der Waals surface area contributed by atoms with Crippen LogP contribution in [0.5, 0.6) is 0 Å². The number of thiazole rings is 1. The molecule has 2 amide bonds. The number of carbonyl (C=O) groups excluding carboxylic acids is 2. The average molecular weight is 424 g/mol. The van der Waals surface area contributed by atoms with Gasteiger partial charge in [-0.3, -0.25) is 9.59 Å². The van der Waals surface area contributed by atoms with Crippen molar-refractivity contribution in [2.75, 3.05) is 11.9 Å². The molecular weight excluding hydrogens is 402 g/mol. The third-order valence-electron chi connectivity index (χ3n) is 4.74. The maximum absolute atomic E-state index is 13.3. The quantitative estimate of drug-likeness (QED) is 0.551. The Hall–Kier alpha value is -2.43. The normalized spacial score (nSPS) is 17.6. The molecule has 1 aliphatic heterocycles. The number of benzene rings is 1. The number of aliphatic hydroxyl groups excluding tert-OH is 1. The number of amides is 2. The van der Waals surface area contributed by atoms with Crippen LogP contribution in [0.15, 0.2) is 18.2 Å². The van der Waals surface area contributed by atoms with E-state index in [9.17, 15) is 23.5 Å². The molecule has 2 heterocycles. The number of piperidine rings is 1. The minimum atomic E-state index is -1.12. The Morgan fingerprint density at radius 1 is 1.31 bits per heavy atom. The first-order valence-corrected chi connectivity index (χ1v) is 10.1. The Balaban J connectivity index is 1.75. The summed E-state index contributed by atoms with van der Waals surface area (Å²) >= 11 is 1.28. The zero-order chi connectivity index (χ0) is 21.0. The van der Waals surface area contributed by atoms with Crippen molar-refractivity contribution in [3.63, 3.8) is 0 Å². The van der Waals surface area contributed by atoms with E-state index in [0.717, 1.165) is 37.9 Å². The summed E-state index contributed by atoms with van der Waals surface area (Å²) in [5.41, 5.74) is 0.651. The first kappa shape index (κ1) is 21.3. The minimum Gasteiger partial charge on any atom is -0.391 e. The number of aryl methyl sites for hydroxylation is 1. The molecule has 0 spiro atoms. The highest BCUT2D eigenvalue weighted by atomic mass is 32.1. The van der Waals surface area contributed by atoms with Gasteiger partial charge in [0, 0.05) is 17.8 Å². The molecule has 10 heteroatoms. The molecule has 2 aromatic rings. The molecule has 156 valence electrons. The fourth-order valence-corrected chi connectivity index (χ4v) is 4.24. The van der Waals surface area contributed by atoms with Crippen LogP contribution in [-0.4, -0.2) is 34.5 Å². The molecule has 4 N–H and O–H groups in total. The number of nitrogens with one attached hydrogen (secondary N) is 3. The lowest BCUT2D eigenvalue weighted by Crippen LogP contribution is -2.48. The number of aliphatic hydroxyl groups is 1. The monoisotopic (exact) mass is 424 g/mol. The molecule has 2 atom stereocenters. The van der Waals surface area contributed by atoms with E-state index in [1.807, 2.05) is 0 Å². The summed E-state index contributed by atoms with van der Waals surface area (Å²) in [5, 5.41) is 18.3. The van der Waals surface area contributed by atoms with Gasteiger partial charge >= 0.3 is 11.8 Å². The zero-order valence-electron chi connectivity index (χ0n) is 15.8. The van der Waals surface area contributed by atoms with Crippen molar-refractivity contribution in [3.8, 4) is 0 Å². The van der Waals surface area contributed by atoms with Gasteiger partial charge in [0.2, 0.25) is 0 Å². The van der Waals surface area contributed by atoms with Gasteiger partial charge in [0.05, 0.1) is 23.2 Å². The van der Waals surface area contributed by atoms with Gasteiger partial charge in [-0.25, -0.2) is 13.8 Å². The Bertz CT molecular complexity index is 900. The Labute approximate surface area is 170 Å². The second kappa shape index (κ2) is 9.38. The Kier molecular flexibility index (Phi) is 6.88. The van der Waals surface area contributed by atoms with Gasteiger partial charge in [0.1, 0.15) is 5.01 Å². The Morgan fingerprint density at radius 3 is 2.72 bits per heavy atom.